The zero-order valence-electron chi connectivity index (χ0n) is 9.69. The third-order valence-corrected chi connectivity index (χ3v) is 3.38. The fourth-order valence-electron chi connectivity index (χ4n) is 2.25. The van der Waals surface area contributed by atoms with Crippen molar-refractivity contribution < 1.29 is 4.74 Å². The Labute approximate surface area is 110 Å². The van der Waals surface area contributed by atoms with Crippen molar-refractivity contribution in [3.05, 3.63) is 21.3 Å². The Hall–Kier alpha value is -1.89. The van der Waals surface area contributed by atoms with Crippen molar-refractivity contribution in [1.82, 2.24) is 4.98 Å². The highest BCUT2D eigenvalue weighted by Gasteiger charge is 2.25. The minimum atomic E-state index is 0.0154. The summed E-state index contributed by atoms with van der Waals surface area (Å²) in [6, 6.07) is 4.12. The second-order valence-electron chi connectivity index (χ2n) is 4.17. The monoisotopic (exact) mass is 260 g/mol. The number of H-pyrrole nitrogens is 1. The molecular weight excluding hydrogens is 248 g/mol. The van der Waals surface area contributed by atoms with Crippen LogP contribution in [0.4, 0.5) is 5.82 Å². The topological polar surface area (TPSA) is 98.6 Å². The fraction of sp³-hybridized carbons (Fsp3) is 0.417. The summed E-state index contributed by atoms with van der Waals surface area (Å²) in [5.41, 5.74) is 7.06. The number of nitrogens with one attached hydrogen (secondary N) is 1. The maximum atomic E-state index is 9.21. The van der Waals surface area contributed by atoms with Crippen LogP contribution in [-0.4, -0.2) is 18.2 Å². The summed E-state index contributed by atoms with van der Waals surface area (Å²) in [5.74, 6) is 0.240. The van der Waals surface area contributed by atoms with Crippen LogP contribution in [0.1, 0.15) is 35.4 Å². The smallest absolute Gasteiger partial charge is 0.123 e. The predicted octanol–water partition coefficient (Wildman–Crippen LogP) is 1.96. The number of aromatic amines is 1. The molecule has 0 amide bonds. The van der Waals surface area contributed by atoms with E-state index in [-0.39, 0.29) is 16.4 Å². The number of hydrogen-bond donors (Lipinski definition) is 2. The van der Waals surface area contributed by atoms with E-state index < -0.39 is 0 Å². The van der Waals surface area contributed by atoms with Gasteiger partial charge < -0.3 is 15.5 Å². The van der Waals surface area contributed by atoms with Gasteiger partial charge in [0, 0.05) is 12.5 Å². The third-order valence-electron chi connectivity index (χ3n) is 3.08. The molecule has 1 aromatic heterocycles. The van der Waals surface area contributed by atoms with Crippen LogP contribution in [0.3, 0.4) is 0 Å². The summed E-state index contributed by atoms with van der Waals surface area (Å²) in [5, 5.41) is 18.4. The molecule has 0 aromatic carbocycles. The Morgan fingerprint density at radius 3 is 2.61 bits per heavy atom. The van der Waals surface area contributed by atoms with E-state index in [1.807, 2.05) is 0 Å². The molecule has 0 saturated carbocycles. The van der Waals surface area contributed by atoms with E-state index in [0.717, 1.165) is 19.4 Å². The highest BCUT2D eigenvalue weighted by Crippen LogP contribution is 2.32. The molecule has 1 unspecified atom stereocenters. The summed E-state index contributed by atoms with van der Waals surface area (Å²) in [6.07, 6.45) is 1.78. The standard InChI is InChI=1S/C12H12N4OS/c13-4-8-10(7-2-1-3-17-6-7)9(5-14)12(18)16-11(8)15/h7H,1-3,6H2,(H3,15,16,18). The Kier molecular flexibility index (Phi) is 3.61. The molecule has 1 saturated heterocycles. The van der Waals surface area contributed by atoms with Crippen LogP contribution in [0.2, 0.25) is 0 Å². The molecule has 1 aliphatic heterocycles. The van der Waals surface area contributed by atoms with E-state index in [1.165, 1.54) is 0 Å². The van der Waals surface area contributed by atoms with Gasteiger partial charge in [-0.3, -0.25) is 0 Å². The molecular formula is C12H12N4OS. The molecule has 2 rings (SSSR count). The van der Waals surface area contributed by atoms with Crippen molar-refractivity contribution in [3.63, 3.8) is 0 Å². The Morgan fingerprint density at radius 1 is 1.33 bits per heavy atom. The molecule has 2 heterocycles. The minimum absolute atomic E-state index is 0.0154. The first kappa shape index (κ1) is 12.6. The number of anilines is 1. The molecule has 3 N–H and O–H groups in total. The number of pyridine rings is 1. The Morgan fingerprint density at radius 2 is 2.06 bits per heavy atom. The van der Waals surface area contributed by atoms with Gasteiger partial charge in [0.25, 0.3) is 0 Å². The van der Waals surface area contributed by atoms with Gasteiger partial charge in [-0.25, -0.2) is 0 Å². The number of ether oxygens (including phenoxy) is 1. The van der Waals surface area contributed by atoms with E-state index in [1.54, 1.807) is 0 Å². The molecule has 5 nitrogen and oxygen atoms in total. The van der Waals surface area contributed by atoms with Crippen LogP contribution in [0.15, 0.2) is 0 Å². The predicted molar refractivity (Wildman–Crippen MR) is 68.3 cm³/mol. The van der Waals surface area contributed by atoms with E-state index in [4.69, 9.17) is 22.7 Å². The summed E-state index contributed by atoms with van der Waals surface area (Å²) in [4.78, 5) is 2.70. The van der Waals surface area contributed by atoms with Crippen molar-refractivity contribution in [1.29, 1.82) is 10.5 Å². The summed E-state index contributed by atoms with van der Waals surface area (Å²) in [6.45, 7) is 1.22. The third kappa shape index (κ3) is 2.08. The second-order valence-corrected chi connectivity index (χ2v) is 4.58. The minimum Gasteiger partial charge on any atom is -0.384 e. The van der Waals surface area contributed by atoms with E-state index >= 15 is 0 Å². The Balaban J connectivity index is 2.66. The fourth-order valence-corrected chi connectivity index (χ4v) is 2.51. The van der Waals surface area contributed by atoms with Crippen LogP contribution in [0, 0.1) is 27.3 Å². The number of hydrogen-bond acceptors (Lipinski definition) is 5. The molecule has 0 spiro atoms. The van der Waals surface area contributed by atoms with Gasteiger partial charge in [-0.2, -0.15) is 10.5 Å². The van der Waals surface area contributed by atoms with Gasteiger partial charge in [0.2, 0.25) is 0 Å². The first-order valence-corrected chi connectivity index (χ1v) is 6.03. The maximum absolute atomic E-state index is 9.21. The lowest BCUT2D eigenvalue weighted by Crippen LogP contribution is -2.19. The molecule has 1 aliphatic rings. The summed E-state index contributed by atoms with van der Waals surface area (Å²) < 4.78 is 5.70. The molecule has 1 fully saturated rings. The van der Waals surface area contributed by atoms with Crippen LogP contribution < -0.4 is 5.73 Å². The van der Waals surface area contributed by atoms with E-state index in [2.05, 4.69) is 17.1 Å². The van der Waals surface area contributed by atoms with Gasteiger partial charge in [0.1, 0.15) is 22.6 Å². The molecule has 0 radical (unpaired) electrons. The van der Waals surface area contributed by atoms with Gasteiger partial charge in [-0.15, -0.1) is 0 Å². The molecule has 1 aromatic rings. The van der Waals surface area contributed by atoms with Gasteiger partial charge in [-0.05, 0) is 18.4 Å². The number of nitrogens with zero attached hydrogens (tertiary/aromatic N) is 2. The van der Waals surface area contributed by atoms with E-state index in [9.17, 15) is 10.5 Å². The average Bonchev–Trinajstić information content (AvgIpc) is 2.39. The highest BCUT2D eigenvalue weighted by atomic mass is 32.1. The molecule has 1 atom stereocenters. The lowest BCUT2D eigenvalue weighted by Gasteiger charge is -2.24. The molecule has 18 heavy (non-hydrogen) atoms. The normalized spacial score (nSPS) is 18.9. The van der Waals surface area contributed by atoms with Crippen LogP contribution in [0.5, 0.6) is 0 Å². The zero-order valence-corrected chi connectivity index (χ0v) is 10.5. The second kappa shape index (κ2) is 5.18. The molecule has 0 aliphatic carbocycles. The van der Waals surface area contributed by atoms with Crippen molar-refractivity contribution in [2.45, 2.75) is 18.8 Å². The number of nitriles is 2. The quantitative estimate of drug-likeness (QED) is 0.752. The zero-order chi connectivity index (χ0) is 13.1. The van der Waals surface area contributed by atoms with Crippen molar-refractivity contribution in [2.24, 2.45) is 0 Å². The van der Waals surface area contributed by atoms with E-state index in [0.29, 0.717) is 23.3 Å². The summed E-state index contributed by atoms with van der Waals surface area (Å²) >= 11 is 5.09. The van der Waals surface area contributed by atoms with Gasteiger partial charge in [0.05, 0.1) is 17.7 Å². The molecule has 92 valence electrons. The SMILES string of the molecule is N#Cc1c(N)[nH]c(=S)c(C#N)c1C1CCCOC1. The summed E-state index contributed by atoms with van der Waals surface area (Å²) in [7, 11) is 0. The number of nitrogens with two attached hydrogens (primary N) is 1. The molecule has 0 bridgehead atoms. The largest absolute Gasteiger partial charge is 0.384 e. The lowest BCUT2D eigenvalue weighted by molar-refractivity contribution is 0.0803. The van der Waals surface area contributed by atoms with Crippen molar-refractivity contribution >= 4 is 18.0 Å². The van der Waals surface area contributed by atoms with Crippen LogP contribution in [0.25, 0.3) is 0 Å². The first-order valence-electron chi connectivity index (χ1n) is 5.62. The average molecular weight is 260 g/mol. The van der Waals surface area contributed by atoms with Crippen LogP contribution >= 0.6 is 12.2 Å². The highest BCUT2D eigenvalue weighted by molar-refractivity contribution is 7.71. The lowest BCUT2D eigenvalue weighted by atomic mass is 9.88. The number of nitrogen functional groups attached to an aromatic ring is 1. The molecule has 6 heteroatoms. The van der Waals surface area contributed by atoms with Crippen molar-refractivity contribution in [2.75, 3.05) is 18.9 Å². The van der Waals surface area contributed by atoms with Gasteiger partial charge >= 0.3 is 0 Å². The van der Waals surface area contributed by atoms with Gasteiger partial charge in [0.15, 0.2) is 0 Å². The number of rotatable bonds is 1. The maximum Gasteiger partial charge on any atom is 0.123 e. The Bertz CT molecular complexity index is 602. The van der Waals surface area contributed by atoms with Crippen LogP contribution in [-0.2, 0) is 4.74 Å². The number of aromatic nitrogens is 1. The van der Waals surface area contributed by atoms with Crippen molar-refractivity contribution in [3.8, 4) is 12.1 Å². The van der Waals surface area contributed by atoms with Gasteiger partial charge in [-0.1, -0.05) is 12.2 Å². The first-order chi connectivity index (χ1) is 8.69.